The highest BCUT2D eigenvalue weighted by atomic mass is 32.2. The van der Waals surface area contributed by atoms with Crippen LogP contribution in [0.3, 0.4) is 0 Å². The first-order valence-corrected chi connectivity index (χ1v) is 16.8. The fraction of sp³-hybridized carbons (Fsp3) is 0.297. The number of hydrogen-bond acceptors (Lipinski definition) is 5. The number of ether oxygens (including phenoxy) is 1. The summed E-state index contributed by atoms with van der Waals surface area (Å²) in [5.74, 6) is -0.533. The summed E-state index contributed by atoms with van der Waals surface area (Å²) >= 11 is 0. The van der Waals surface area contributed by atoms with E-state index in [0.717, 1.165) is 21.0 Å². The van der Waals surface area contributed by atoms with Gasteiger partial charge in [-0.25, -0.2) is 8.42 Å². The summed E-state index contributed by atoms with van der Waals surface area (Å²) < 4.78 is 35.4. The van der Waals surface area contributed by atoms with Crippen molar-refractivity contribution in [1.29, 1.82) is 0 Å². The van der Waals surface area contributed by atoms with Crippen molar-refractivity contribution >= 4 is 27.5 Å². The number of carbonyl (C=O) groups is 2. The summed E-state index contributed by atoms with van der Waals surface area (Å²) in [4.78, 5) is 30.2. The molecule has 0 bridgehead atoms. The Morgan fingerprint density at radius 1 is 0.804 bits per heavy atom. The summed E-state index contributed by atoms with van der Waals surface area (Å²) in [7, 11) is -4.23. The number of benzene rings is 4. The minimum absolute atomic E-state index is 0.0329. The highest BCUT2D eigenvalue weighted by molar-refractivity contribution is 7.92. The molecule has 0 spiro atoms. The highest BCUT2D eigenvalue weighted by Crippen LogP contribution is 2.33. The van der Waals surface area contributed by atoms with Crippen molar-refractivity contribution in [3.05, 3.63) is 126 Å². The van der Waals surface area contributed by atoms with Gasteiger partial charge in [-0.2, -0.15) is 0 Å². The van der Waals surface area contributed by atoms with Crippen LogP contribution < -0.4 is 14.4 Å². The molecule has 9 heteroatoms. The predicted molar refractivity (Wildman–Crippen MR) is 182 cm³/mol. The molecule has 0 saturated carbocycles. The zero-order valence-corrected chi connectivity index (χ0v) is 28.0. The van der Waals surface area contributed by atoms with E-state index in [-0.39, 0.29) is 29.5 Å². The summed E-state index contributed by atoms with van der Waals surface area (Å²) in [5.41, 5.74) is 2.40. The van der Waals surface area contributed by atoms with Crippen LogP contribution in [0.15, 0.2) is 114 Å². The normalized spacial score (nSPS) is 12.2. The molecule has 1 N–H and O–H groups in total. The quantitative estimate of drug-likeness (QED) is 0.189. The molecule has 0 saturated heterocycles. The van der Waals surface area contributed by atoms with E-state index >= 15 is 0 Å². The molecule has 0 heterocycles. The molecule has 0 aliphatic carbocycles. The maximum Gasteiger partial charge on any atom is 0.264 e. The third kappa shape index (κ3) is 8.97. The number of rotatable bonds is 13. The fourth-order valence-electron chi connectivity index (χ4n) is 5.07. The predicted octanol–water partition coefficient (Wildman–Crippen LogP) is 6.14. The number of aryl methyl sites for hydroxylation is 1. The fourth-order valence-corrected chi connectivity index (χ4v) is 6.52. The molecule has 4 rings (SSSR count). The first-order chi connectivity index (χ1) is 21.9. The summed E-state index contributed by atoms with van der Waals surface area (Å²) in [6, 6.07) is 31.0. The zero-order valence-electron chi connectivity index (χ0n) is 27.1. The SMILES string of the molecule is CCOc1ccccc1N(CC(=O)N(Cc1ccc(C)cc1)[C@@H](Cc1ccccc1)C(=O)NC(C)(C)C)S(=O)(=O)c1ccccc1. The lowest BCUT2D eigenvalue weighted by Crippen LogP contribution is -2.56. The van der Waals surface area contributed by atoms with E-state index in [1.165, 1.54) is 17.0 Å². The summed E-state index contributed by atoms with van der Waals surface area (Å²) in [6.45, 7) is 9.28. The summed E-state index contributed by atoms with van der Waals surface area (Å²) in [5, 5.41) is 3.05. The maximum atomic E-state index is 14.6. The Balaban J connectivity index is 1.84. The largest absolute Gasteiger partial charge is 0.492 e. The lowest BCUT2D eigenvalue weighted by Gasteiger charge is -2.35. The van der Waals surface area contributed by atoms with E-state index in [0.29, 0.717) is 12.4 Å². The Kier molecular flexibility index (Phi) is 11.2. The second-order valence-electron chi connectivity index (χ2n) is 12.2. The topological polar surface area (TPSA) is 96.0 Å². The Labute approximate surface area is 273 Å². The molecule has 2 amide bonds. The van der Waals surface area contributed by atoms with Gasteiger partial charge in [0, 0.05) is 18.5 Å². The Hall–Kier alpha value is -4.63. The zero-order chi connectivity index (χ0) is 33.3. The van der Waals surface area contributed by atoms with Gasteiger partial charge in [-0.1, -0.05) is 90.5 Å². The van der Waals surface area contributed by atoms with E-state index in [1.54, 1.807) is 42.5 Å². The standard InChI is InChI=1S/C37H43N3O5S/c1-6-45-34-20-14-13-19-32(34)40(46(43,44)31-17-11-8-12-18-31)27-35(41)39(26-30-23-21-28(2)22-24-30)33(36(42)38-37(3,4)5)25-29-15-9-7-10-16-29/h7-24,33H,6,25-27H2,1-5H3,(H,38,42)/t33-/m0/s1. The highest BCUT2D eigenvalue weighted by Gasteiger charge is 2.36. The van der Waals surface area contributed by atoms with Crippen LogP contribution in [0.5, 0.6) is 5.75 Å². The molecule has 0 radical (unpaired) electrons. The molecule has 4 aromatic carbocycles. The van der Waals surface area contributed by atoms with Crippen molar-refractivity contribution in [2.24, 2.45) is 0 Å². The summed E-state index contributed by atoms with van der Waals surface area (Å²) in [6.07, 6.45) is 0.237. The van der Waals surface area contributed by atoms with Gasteiger partial charge in [-0.15, -0.1) is 0 Å². The minimum atomic E-state index is -4.23. The monoisotopic (exact) mass is 641 g/mol. The third-order valence-electron chi connectivity index (χ3n) is 7.29. The molecule has 1 atom stereocenters. The van der Waals surface area contributed by atoms with Crippen molar-refractivity contribution in [3.63, 3.8) is 0 Å². The maximum absolute atomic E-state index is 14.6. The van der Waals surface area contributed by atoms with Crippen molar-refractivity contribution in [1.82, 2.24) is 10.2 Å². The van der Waals surface area contributed by atoms with Gasteiger partial charge >= 0.3 is 0 Å². The number of nitrogens with zero attached hydrogens (tertiary/aromatic N) is 2. The molecule has 0 aliphatic rings. The smallest absolute Gasteiger partial charge is 0.264 e. The Morgan fingerprint density at radius 3 is 2.00 bits per heavy atom. The van der Waals surface area contributed by atoms with E-state index in [1.807, 2.05) is 89.2 Å². The molecular formula is C37H43N3O5S. The second kappa shape index (κ2) is 15.1. The van der Waals surface area contributed by atoms with Crippen LogP contribution in [0.1, 0.15) is 44.4 Å². The van der Waals surface area contributed by atoms with Gasteiger partial charge in [0.2, 0.25) is 11.8 Å². The molecule has 242 valence electrons. The van der Waals surface area contributed by atoms with Crippen molar-refractivity contribution in [2.75, 3.05) is 17.5 Å². The molecular weight excluding hydrogens is 598 g/mol. The lowest BCUT2D eigenvalue weighted by atomic mass is 10.0. The Morgan fingerprint density at radius 2 is 1.39 bits per heavy atom. The van der Waals surface area contributed by atoms with Crippen LogP contribution in [0.4, 0.5) is 5.69 Å². The van der Waals surface area contributed by atoms with Crippen molar-refractivity contribution in [3.8, 4) is 5.75 Å². The number of anilines is 1. The second-order valence-corrected chi connectivity index (χ2v) is 14.0. The molecule has 0 aliphatic heterocycles. The number of sulfonamides is 1. The van der Waals surface area contributed by atoms with Crippen molar-refractivity contribution in [2.45, 2.75) is 64.1 Å². The third-order valence-corrected chi connectivity index (χ3v) is 9.06. The molecule has 0 unspecified atom stereocenters. The van der Waals surface area contributed by atoms with Crippen molar-refractivity contribution < 1.29 is 22.7 Å². The number of para-hydroxylation sites is 2. The van der Waals surface area contributed by atoms with Crippen LogP contribution in [0.25, 0.3) is 0 Å². The van der Waals surface area contributed by atoms with Gasteiger partial charge in [-0.05, 0) is 70.0 Å². The first kappa shape index (κ1) is 34.2. The average Bonchev–Trinajstić information content (AvgIpc) is 3.03. The van der Waals surface area contributed by atoms with Gasteiger partial charge in [0.25, 0.3) is 10.0 Å². The Bertz CT molecular complexity index is 1700. The van der Waals surface area contributed by atoms with E-state index in [9.17, 15) is 18.0 Å². The molecule has 8 nitrogen and oxygen atoms in total. The molecule has 46 heavy (non-hydrogen) atoms. The van der Waals surface area contributed by atoms with Crippen LogP contribution >= 0.6 is 0 Å². The van der Waals surface area contributed by atoms with Gasteiger partial charge in [0.15, 0.2) is 0 Å². The first-order valence-electron chi connectivity index (χ1n) is 15.4. The van der Waals surface area contributed by atoms with E-state index in [2.05, 4.69) is 5.32 Å². The van der Waals surface area contributed by atoms with Crippen LogP contribution in [0, 0.1) is 6.92 Å². The average molecular weight is 642 g/mol. The molecule has 0 fully saturated rings. The van der Waals surface area contributed by atoms with Gasteiger partial charge < -0.3 is 15.0 Å². The lowest BCUT2D eigenvalue weighted by molar-refractivity contribution is -0.140. The van der Waals surface area contributed by atoms with E-state index in [4.69, 9.17) is 4.74 Å². The molecule has 0 aromatic heterocycles. The van der Waals surface area contributed by atoms with Crippen LogP contribution in [-0.2, 0) is 32.6 Å². The molecule has 4 aromatic rings. The number of amides is 2. The van der Waals surface area contributed by atoms with E-state index < -0.39 is 34.1 Å². The van der Waals surface area contributed by atoms with Gasteiger partial charge in [0.1, 0.15) is 18.3 Å². The number of nitrogens with one attached hydrogen (secondary N) is 1. The van der Waals surface area contributed by atoms with Gasteiger partial charge in [0.05, 0.1) is 17.2 Å². The number of hydrogen-bond donors (Lipinski definition) is 1. The minimum Gasteiger partial charge on any atom is -0.492 e. The van der Waals surface area contributed by atoms with Gasteiger partial charge in [-0.3, -0.25) is 13.9 Å². The van der Waals surface area contributed by atoms with Crippen LogP contribution in [0.2, 0.25) is 0 Å². The number of carbonyl (C=O) groups excluding carboxylic acids is 2. The van der Waals surface area contributed by atoms with Crippen LogP contribution in [-0.4, -0.2) is 49.9 Å².